The Bertz CT molecular complexity index is 6590. The summed E-state index contributed by atoms with van der Waals surface area (Å²) in [6.07, 6.45) is 5.37. The molecule has 4 aromatic heterocycles. The van der Waals surface area contributed by atoms with Crippen molar-refractivity contribution in [1.29, 1.82) is 0 Å². The zero-order valence-electron chi connectivity index (χ0n) is 68.4. The van der Waals surface area contributed by atoms with Crippen molar-refractivity contribution in [2.45, 2.75) is 26.2 Å². The summed E-state index contributed by atoms with van der Waals surface area (Å²) in [6.45, 7) is 6.37. The number of rotatable bonds is 8. The molecule has 0 N–H and O–H groups in total. The quantitative estimate of drug-likeness (QED) is 0.112. The fourth-order valence-corrected chi connectivity index (χ4v) is 12.2. The van der Waals surface area contributed by atoms with Crippen molar-refractivity contribution >= 4 is 54.6 Å². The molecule has 0 unspecified atom stereocenters. The summed E-state index contributed by atoms with van der Waals surface area (Å²) in [4.78, 5) is 4.86. The molecule has 426 valence electrons. The number of fused-ring (bicyclic) bond motifs is 13. The summed E-state index contributed by atoms with van der Waals surface area (Å²) in [5.41, 5.74) is -0.469. The molecule has 0 saturated carbocycles. The molecule has 0 saturated heterocycles. The van der Waals surface area contributed by atoms with E-state index in [9.17, 15) is 20.6 Å². The number of nitrogens with zero attached hydrogens (tertiary/aromatic N) is 5. The number of benzene rings is 12. The van der Waals surface area contributed by atoms with Gasteiger partial charge in [-0.2, -0.15) is 18.2 Å². The molecule has 5 heterocycles. The number of hydrogen-bond acceptors (Lipinski definition) is 2. The smallest absolute Gasteiger partial charge is 0.268 e. The third-order valence-electron chi connectivity index (χ3n) is 16.1. The average Bonchev–Trinajstić information content (AvgIpc) is 1.64. The Morgan fingerprint density at radius 1 is 0.449 bits per heavy atom. The van der Waals surface area contributed by atoms with Crippen LogP contribution in [0.25, 0.3) is 144 Å². The second kappa shape index (κ2) is 21.3. The van der Waals surface area contributed by atoms with Crippen LogP contribution in [0.5, 0.6) is 11.5 Å². The van der Waals surface area contributed by atoms with Gasteiger partial charge in [0.1, 0.15) is 5.82 Å². The molecule has 0 bridgehead atoms. The van der Waals surface area contributed by atoms with E-state index in [1.807, 2.05) is 106 Å². The van der Waals surface area contributed by atoms with Crippen molar-refractivity contribution in [3.63, 3.8) is 0 Å². The van der Waals surface area contributed by atoms with Crippen LogP contribution in [0.15, 0.2) is 279 Å². The number of ether oxygens (including phenoxy) is 1. The Balaban J connectivity index is 0.00000919. The van der Waals surface area contributed by atoms with E-state index < -0.39 is 160 Å². The van der Waals surface area contributed by atoms with Gasteiger partial charge in [-0.1, -0.05) is 208 Å². The van der Waals surface area contributed by atoms with Crippen LogP contribution in [-0.2, 0) is 26.5 Å². The molecule has 0 amide bonds. The molecule has 0 aliphatic carbocycles. The van der Waals surface area contributed by atoms with Crippen molar-refractivity contribution in [1.82, 2.24) is 18.7 Å². The Morgan fingerprint density at radius 3 is 1.62 bits per heavy atom. The van der Waals surface area contributed by atoms with Crippen LogP contribution in [0.3, 0.4) is 0 Å². The summed E-state index contributed by atoms with van der Waals surface area (Å²) in [5.74, 6) is 1.03. The van der Waals surface area contributed by atoms with Gasteiger partial charge in [0.15, 0.2) is 0 Å². The summed E-state index contributed by atoms with van der Waals surface area (Å²) < 4.78 is 213. The van der Waals surface area contributed by atoms with Crippen molar-refractivity contribution in [3.8, 4) is 101 Å². The Hall–Kier alpha value is -10.7. The first kappa shape index (κ1) is 35.8. The molecule has 0 fully saturated rings. The van der Waals surface area contributed by atoms with E-state index in [1.54, 1.807) is 47.2 Å². The molecule has 0 spiro atoms. The van der Waals surface area contributed by atoms with Crippen LogP contribution in [0.4, 0.5) is 0 Å². The minimum atomic E-state index is -0.923. The average molecular weight is 1340 g/mol. The van der Waals surface area contributed by atoms with E-state index in [4.69, 9.17) is 17.9 Å². The van der Waals surface area contributed by atoms with Crippen molar-refractivity contribution in [3.05, 3.63) is 303 Å². The Kier molecular flexibility index (Phi) is 8.60. The molecule has 12 aromatic carbocycles. The molecule has 1 aliphatic rings. The largest absolute Gasteiger partial charge is 0.510 e. The van der Waals surface area contributed by atoms with Crippen molar-refractivity contribution < 1.29 is 59.2 Å². The van der Waals surface area contributed by atoms with E-state index in [1.165, 1.54) is 16.7 Å². The second-order valence-electron chi connectivity index (χ2n) is 22.3. The van der Waals surface area contributed by atoms with Crippen molar-refractivity contribution in [2.75, 3.05) is 0 Å². The molecule has 0 atom stereocenters. The van der Waals surface area contributed by atoms with E-state index in [0.717, 1.165) is 32.6 Å². The monoisotopic (exact) mass is 1340 g/mol. The summed E-state index contributed by atoms with van der Waals surface area (Å²) in [6, 6.07) is 33.8. The summed E-state index contributed by atoms with van der Waals surface area (Å²) in [5, 5.41) is 3.45. The topological polar surface area (TPSA) is 40.8 Å². The predicted molar refractivity (Wildman–Crippen MR) is 359 cm³/mol. The van der Waals surface area contributed by atoms with Crippen LogP contribution in [0.2, 0.25) is 0 Å². The zero-order chi connectivity index (χ0) is 76.9. The minimum Gasteiger partial charge on any atom is -0.510 e. The molecular formula is C82H55N5OPt-2. The third kappa shape index (κ3) is 8.96. The van der Waals surface area contributed by atoms with Gasteiger partial charge in [-0.3, -0.25) is 4.57 Å². The van der Waals surface area contributed by atoms with Gasteiger partial charge in [-0.15, -0.1) is 29.7 Å². The number of imidazole rings is 1. The minimum absolute atomic E-state index is 0. The molecule has 7 heteroatoms. The van der Waals surface area contributed by atoms with E-state index >= 15 is 0 Å². The van der Waals surface area contributed by atoms with Crippen LogP contribution in [0, 0.1) is 18.5 Å². The van der Waals surface area contributed by atoms with E-state index in [0.29, 0.717) is 28.1 Å². The maximum atomic E-state index is 10.5. The number of pyridine rings is 1. The van der Waals surface area contributed by atoms with Gasteiger partial charge in [0.05, 0.1) is 62.2 Å². The Labute approximate surface area is 560 Å². The normalized spacial score (nSPS) is 15.2. The summed E-state index contributed by atoms with van der Waals surface area (Å²) >= 11 is 0. The predicted octanol–water partition coefficient (Wildman–Crippen LogP) is 20.3. The third-order valence-corrected chi connectivity index (χ3v) is 16.1. The van der Waals surface area contributed by atoms with Crippen LogP contribution < -0.4 is 9.30 Å². The fourth-order valence-electron chi connectivity index (χ4n) is 12.2. The van der Waals surface area contributed by atoms with Crippen LogP contribution in [-0.4, -0.2) is 18.7 Å². The molecule has 0 radical (unpaired) electrons. The van der Waals surface area contributed by atoms with Gasteiger partial charge in [-0.25, -0.2) is 4.98 Å². The standard InChI is InChI=1S/C82H55N5O.Pt/c1-82(2,3)59-42-43-83-79(49-59)87-75-38-19-16-34-69(75)70-41-40-62(51-77(70)87)88-61-27-20-26-60(50-61)84-52-85-80-71(35-21-39-76(80)86-73-36-17-14-32-67(73)68-33-15-18-37-74(68)86)65-30-12-10-28-63(65)64-29-11-13-31-66(64)72-47-58(48-78(84)81(72)85)57-45-55(53-22-6-4-7-23-53)44-56(46-57)54-24-8-5-9-25-54;/h4-49H,1-3H3;/q-2;/i4D,5D,6D,7D,8D,9D,10D,11D,12D,13D,22D,23D,24D,25D,28D,29D,30D,31D,44D,45D,46D;. The number of aromatic nitrogens is 5. The van der Waals surface area contributed by atoms with Gasteiger partial charge < -0.3 is 18.4 Å². The second-order valence-corrected chi connectivity index (χ2v) is 22.3. The van der Waals surface area contributed by atoms with Gasteiger partial charge in [0.25, 0.3) is 6.33 Å². The first-order chi connectivity index (χ1) is 52.0. The Morgan fingerprint density at radius 2 is 0.989 bits per heavy atom. The fraction of sp³-hybridized carbons (Fsp3) is 0.0488. The van der Waals surface area contributed by atoms with Gasteiger partial charge in [0, 0.05) is 55.1 Å². The number of para-hydroxylation sites is 4. The van der Waals surface area contributed by atoms with Gasteiger partial charge in [0.2, 0.25) is 0 Å². The van der Waals surface area contributed by atoms with E-state index in [-0.39, 0.29) is 93.8 Å². The van der Waals surface area contributed by atoms with Gasteiger partial charge in [-0.05, 0) is 149 Å². The molecular weight excluding hydrogens is 1270 g/mol. The molecule has 6 nitrogen and oxygen atoms in total. The maximum Gasteiger partial charge on any atom is 0.268 e. The van der Waals surface area contributed by atoms with Crippen LogP contribution in [0.1, 0.15) is 55.1 Å². The summed E-state index contributed by atoms with van der Waals surface area (Å²) in [7, 11) is 0. The molecule has 16 aromatic rings. The van der Waals surface area contributed by atoms with Crippen LogP contribution >= 0.6 is 0 Å². The maximum absolute atomic E-state index is 10.5. The zero-order valence-corrected chi connectivity index (χ0v) is 49.7. The molecule has 17 rings (SSSR count). The first-order valence-electron chi connectivity index (χ1n) is 38.8. The first-order valence-corrected chi connectivity index (χ1v) is 28.3. The molecule has 1 aliphatic heterocycles. The van der Waals surface area contributed by atoms with Gasteiger partial charge >= 0.3 is 0 Å². The number of hydrogen-bond donors (Lipinski definition) is 0. The van der Waals surface area contributed by atoms with E-state index in [2.05, 4.69) is 39.2 Å². The SMILES string of the molecule is [2H]c1c([2H])c([2H])c(-c2c([2H])c(-c3cc4c5c(c3)n(-c3[c-]c(Oc6[c-]c7c(cc6)c6ccccc6n7-c6cc(C(C)(C)C)ccn6)ccc3)[c-][n+]5-c3c(cccc3-n3c5ccccc5c5ccccc53)-c3c([2H])c([2H])c([2H])c([2H])c3-c3c([2H])c([2H])c([2H])c([2H])c3-4)c([2H])c(-c3c([2H])c([2H])c([2H])c([2H])c3[2H])c2[2H])c([2H])c1[2H].[Pt]. The molecule has 89 heavy (non-hydrogen) atoms. The van der Waals surface area contributed by atoms with Crippen molar-refractivity contribution in [2.24, 2.45) is 0 Å².